The van der Waals surface area contributed by atoms with Crippen LogP contribution in [-0.2, 0) is 0 Å². The molecule has 14 heavy (non-hydrogen) atoms. The molecular formula is C10H11N3O. The molecule has 0 unspecified atom stereocenters. The highest BCUT2D eigenvalue weighted by atomic mass is 16.1. The molecule has 0 aliphatic rings. The monoisotopic (exact) mass is 189 g/mol. The van der Waals surface area contributed by atoms with E-state index in [1.54, 1.807) is 16.8 Å². The van der Waals surface area contributed by atoms with E-state index in [9.17, 15) is 4.79 Å². The van der Waals surface area contributed by atoms with Gasteiger partial charge >= 0.3 is 0 Å². The van der Waals surface area contributed by atoms with Crippen molar-refractivity contribution in [2.45, 2.75) is 13.8 Å². The minimum absolute atomic E-state index is 0.0158. The lowest BCUT2D eigenvalue weighted by molar-refractivity contribution is 0.0940. The summed E-state index contributed by atoms with van der Waals surface area (Å²) in [5.41, 5.74) is 1.27. The van der Waals surface area contributed by atoms with Crippen LogP contribution in [0.2, 0.25) is 0 Å². The number of pyridine rings is 1. The predicted octanol–water partition coefficient (Wildman–Crippen LogP) is 1.57. The van der Waals surface area contributed by atoms with E-state index >= 15 is 0 Å². The standard InChI is InChI=1S/C10H11N3O/c1-7(2)9(14)8-4-3-5-13-6-11-12-10(8)13/h3-7H,1-2H3. The van der Waals surface area contributed by atoms with Gasteiger partial charge in [0.25, 0.3) is 0 Å². The maximum Gasteiger partial charge on any atom is 0.171 e. The molecule has 4 nitrogen and oxygen atoms in total. The summed E-state index contributed by atoms with van der Waals surface area (Å²) in [6.07, 6.45) is 3.42. The largest absolute Gasteiger partial charge is 0.294 e. The number of nitrogens with zero attached hydrogens (tertiary/aromatic N) is 3. The number of carbonyl (C=O) groups is 1. The fraction of sp³-hybridized carbons (Fsp3) is 0.300. The molecule has 72 valence electrons. The number of hydrogen-bond donors (Lipinski definition) is 0. The third-order valence-electron chi connectivity index (χ3n) is 2.11. The summed E-state index contributed by atoms with van der Waals surface area (Å²) in [5, 5.41) is 7.68. The summed E-state index contributed by atoms with van der Waals surface area (Å²) >= 11 is 0. The van der Waals surface area contributed by atoms with Crippen molar-refractivity contribution in [1.82, 2.24) is 14.6 Å². The molecule has 0 amide bonds. The summed E-state index contributed by atoms with van der Waals surface area (Å²) in [7, 11) is 0. The minimum Gasteiger partial charge on any atom is -0.294 e. The number of hydrogen-bond acceptors (Lipinski definition) is 3. The molecular weight excluding hydrogens is 178 g/mol. The molecule has 2 heterocycles. The van der Waals surface area contributed by atoms with E-state index in [-0.39, 0.29) is 11.7 Å². The average Bonchev–Trinajstić information content (AvgIpc) is 2.63. The third kappa shape index (κ3) is 1.28. The van der Waals surface area contributed by atoms with Gasteiger partial charge in [0.05, 0.1) is 5.56 Å². The van der Waals surface area contributed by atoms with E-state index in [4.69, 9.17) is 0 Å². The van der Waals surface area contributed by atoms with E-state index < -0.39 is 0 Å². The number of carbonyl (C=O) groups excluding carboxylic acids is 1. The van der Waals surface area contributed by atoms with Crippen LogP contribution in [0.15, 0.2) is 24.7 Å². The Labute approximate surface area is 81.6 Å². The second-order valence-corrected chi connectivity index (χ2v) is 3.50. The van der Waals surface area contributed by atoms with Crippen LogP contribution in [0.1, 0.15) is 24.2 Å². The normalized spacial score (nSPS) is 11.1. The Balaban J connectivity index is 2.62. The molecule has 0 aliphatic carbocycles. The summed E-state index contributed by atoms with van der Waals surface area (Å²) in [6, 6.07) is 3.61. The first-order valence-electron chi connectivity index (χ1n) is 4.52. The zero-order valence-corrected chi connectivity index (χ0v) is 8.14. The Kier molecular flexibility index (Phi) is 2.04. The average molecular weight is 189 g/mol. The molecule has 2 aromatic heterocycles. The fourth-order valence-corrected chi connectivity index (χ4v) is 1.35. The predicted molar refractivity (Wildman–Crippen MR) is 52.2 cm³/mol. The first-order valence-corrected chi connectivity index (χ1v) is 4.52. The Morgan fingerprint density at radius 3 is 3.00 bits per heavy atom. The molecule has 0 saturated carbocycles. The van der Waals surface area contributed by atoms with Crippen LogP contribution >= 0.6 is 0 Å². The van der Waals surface area contributed by atoms with E-state index in [0.717, 1.165) is 0 Å². The Bertz CT molecular complexity index is 473. The molecule has 0 fully saturated rings. The van der Waals surface area contributed by atoms with Crippen molar-refractivity contribution in [3.63, 3.8) is 0 Å². The van der Waals surface area contributed by atoms with Gasteiger partial charge in [-0.3, -0.25) is 9.20 Å². The summed E-state index contributed by atoms with van der Waals surface area (Å²) in [6.45, 7) is 3.75. The van der Waals surface area contributed by atoms with Crippen molar-refractivity contribution >= 4 is 11.4 Å². The summed E-state index contributed by atoms with van der Waals surface area (Å²) in [5.74, 6) is 0.0847. The number of rotatable bonds is 2. The number of aromatic nitrogens is 3. The Hall–Kier alpha value is -1.71. The smallest absolute Gasteiger partial charge is 0.171 e. The second-order valence-electron chi connectivity index (χ2n) is 3.50. The van der Waals surface area contributed by atoms with Crippen LogP contribution in [0.4, 0.5) is 0 Å². The van der Waals surface area contributed by atoms with Gasteiger partial charge in [0.15, 0.2) is 11.4 Å². The quantitative estimate of drug-likeness (QED) is 0.673. The van der Waals surface area contributed by atoms with Crippen molar-refractivity contribution in [2.24, 2.45) is 5.92 Å². The van der Waals surface area contributed by atoms with Crippen LogP contribution in [0.5, 0.6) is 0 Å². The third-order valence-corrected chi connectivity index (χ3v) is 2.11. The summed E-state index contributed by atoms with van der Waals surface area (Å²) in [4.78, 5) is 11.8. The molecule has 0 radical (unpaired) electrons. The molecule has 0 aromatic carbocycles. The van der Waals surface area contributed by atoms with Crippen LogP contribution in [0.3, 0.4) is 0 Å². The van der Waals surface area contributed by atoms with Crippen molar-refractivity contribution in [3.8, 4) is 0 Å². The fourth-order valence-electron chi connectivity index (χ4n) is 1.35. The van der Waals surface area contributed by atoms with Crippen molar-refractivity contribution < 1.29 is 4.79 Å². The molecule has 2 aromatic rings. The Morgan fingerprint density at radius 2 is 2.29 bits per heavy atom. The highest BCUT2D eigenvalue weighted by molar-refractivity contribution is 6.02. The van der Waals surface area contributed by atoms with Gasteiger partial charge in [-0.2, -0.15) is 0 Å². The van der Waals surface area contributed by atoms with Crippen LogP contribution < -0.4 is 0 Å². The van der Waals surface area contributed by atoms with Gasteiger partial charge in [-0.15, -0.1) is 10.2 Å². The van der Waals surface area contributed by atoms with E-state index in [0.29, 0.717) is 11.2 Å². The number of fused-ring (bicyclic) bond motifs is 1. The first kappa shape index (κ1) is 8.87. The lowest BCUT2D eigenvalue weighted by atomic mass is 10.0. The van der Waals surface area contributed by atoms with Crippen molar-refractivity contribution in [1.29, 1.82) is 0 Å². The van der Waals surface area contributed by atoms with Crippen LogP contribution in [0, 0.1) is 5.92 Å². The number of Topliss-reactive ketones (excluding diaryl/α,β-unsaturated/α-hetero) is 1. The van der Waals surface area contributed by atoms with Gasteiger partial charge in [-0.05, 0) is 12.1 Å². The first-order chi connectivity index (χ1) is 6.70. The second kappa shape index (κ2) is 3.21. The minimum atomic E-state index is -0.0158. The van der Waals surface area contributed by atoms with Gasteiger partial charge in [0.2, 0.25) is 0 Å². The van der Waals surface area contributed by atoms with Gasteiger partial charge in [-0.25, -0.2) is 0 Å². The van der Waals surface area contributed by atoms with E-state index in [1.165, 1.54) is 0 Å². The maximum absolute atomic E-state index is 11.8. The highest BCUT2D eigenvalue weighted by Gasteiger charge is 2.14. The van der Waals surface area contributed by atoms with Gasteiger partial charge in [0, 0.05) is 12.1 Å². The summed E-state index contributed by atoms with van der Waals surface area (Å²) < 4.78 is 1.75. The zero-order chi connectivity index (χ0) is 10.1. The molecule has 0 aliphatic heterocycles. The highest BCUT2D eigenvalue weighted by Crippen LogP contribution is 2.12. The van der Waals surface area contributed by atoms with Crippen LogP contribution in [0.25, 0.3) is 5.65 Å². The lowest BCUT2D eigenvalue weighted by Crippen LogP contribution is -2.09. The molecule has 4 heteroatoms. The topological polar surface area (TPSA) is 47.3 Å². The zero-order valence-electron chi connectivity index (χ0n) is 8.14. The number of ketones is 1. The SMILES string of the molecule is CC(C)C(=O)c1cccn2cnnc12. The molecule has 0 bridgehead atoms. The molecule has 0 atom stereocenters. The van der Waals surface area contributed by atoms with Crippen molar-refractivity contribution in [2.75, 3.05) is 0 Å². The van der Waals surface area contributed by atoms with Crippen molar-refractivity contribution in [3.05, 3.63) is 30.2 Å². The van der Waals surface area contributed by atoms with E-state index in [2.05, 4.69) is 10.2 Å². The lowest BCUT2D eigenvalue weighted by Gasteiger charge is -2.04. The van der Waals surface area contributed by atoms with Gasteiger partial charge in [-0.1, -0.05) is 13.8 Å². The molecule has 0 N–H and O–H groups in total. The van der Waals surface area contributed by atoms with Gasteiger partial charge in [0.1, 0.15) is 6.33 Å². The molecule has 0 spiro atoms. The Morgan fingerprint density at radius 1 is 1.50 bits per heavy atom. The molecule has 0 saturated heterocycles. The van der Waals surface area contributed by atoms with E-state index in [1.807, 2.05) is 26.1 Å². The molecule has 2 rings (SSSR count). The van der Waals surface area contributed by atoms with Crippen LogP contribution in [-0.4, -0.2) is 20.4 Å². The van der Waals surface area contributed by atoms with Gasteiger partial charge < -0.3 is 0 Å². The maximum atomic E-state index is 11.8.